The van der Waals surface area contributed by atoms with Crippen LogP contribution < -0.4 is 16.2 Å². The van der Waals surface area contributed by atoms with E-state index < -0.39 is 0 Å². The number of ether oxygens (including phenoxy) is 1. The van der Waals surface area contributed by atoms with Gasteiger partial charge in [-0.2, -0.15) is 0 Å². The zero-order valence-corrected chi connectivity index (χ0v) is 15.7. The van der Waals surface area contributed by atoms with E-state index in [-0.39, 0.29) is 11.8 Å². The normalized spacial score (nSPS) is 10.4. The van der Waals surface area contributed by atoms with Crippen LogP contribution in [0.4, 0.5) is 0 Å². The minimum atomic E-state index is -0.122. The molecule has 0 aliphatic heterocycles. The number of thiocarbonyl (C=S) groups is 1. The number of carbonyl (C=O) groups excluding carboxylic acids is 1. The van der Waals surface area contributed by atoms with Crippen molar-refractivity contribution in [2.45, 2.75) is 18.8 Å². The van der Waals surface area contributed by atoms with Crippen LogP contribution in [0.25, 0.3) is 0 Å². The predicted molar refractivity (Wildman–Crippen MR) is 108 cm³/mol. The molecule has 1 amide bonds. The minimum absolute atomic E-state index is 0.0116. The van der Waals surface area contributed by atoms with Crippen molar-refractivity contribution in [2.75, 3.05) is 20.3 Å². The number of hydrogen-bond donors (Lipinski definition) is 3. The Labute approximate surface area is 160 Å². The maximum atomic E-state index is 12.4. The highest BCUT2D eigenvalue weighted by molar-refractivity contribution is 7.80. The molecule has 0 saturated carbocycles. The molecule has 2 aromatic carbocycles. The standard InChI is InChI=1S/C20H25N3O2S/c1-25-14-8-13-21-20(26)23-22-19(24)15-18(16-9-4-2-5-10-16)17-11-6-3-7-12-17/h2-7,9-12,18H,8,13-15H2,1H3,(H,22,24)(H2,21,23,26). The number of methoxy groups -OCH3 is 1. The Hall–Kier alpha value is -2.44. The van der Waals surface area contributed by atoms with E-state index in [9.17, 15) is 4.79 Å². The summed E-state index contributed by atoms with van der Waals surface area (Å²) in [5.74, 6) is -0.133. The van der Waals surface area contributed by atoms with E-state index in [2.05, 4.69) is 16.2 Å². The molecule has 0 atom stereocenters. The fourth-order valence-corrected chi connectivity index (χ4v) is 2.78. The van der Waals surface area contributed by atoms with Crippen molar-refractivity contribution >= 4 is 23.2 Å². The molecule has 26 heavy (non-hydrogen) atoms. The second kappa shape index (κ2) is 11.2. The Balaban J connectivity index is 1.90. The summed E-state index contributed by atoms with van der Waals surface area (Å²) in [5, 5.41) is 3.41. The van der Waals surface area contributed by atoms with Crippen LogP contribution in [0.2, 0.25) is 0 Å². The van der Waals surface area contributed by atoms with Crippen LogP contribution in [0.1, 0.15) is 29.9 Å². The maximum absolute atomic E-state index is 12.4. The predicted octanol–water partition coefficient (Wildman–Crippen LogP) is 2.74. The van der Waals surface area contributed by atoms with Crippen LogP contribution in [-0.4, -0.2) is 31.3 Å². The topological polar surface area (TPSA) is 62.4 Å². The van der Waals surface area contributed by atoms with Crippen LogP contribution in [0.3, 0.4) is 0 Å². The van der Waals surface area contributed by atoms with Crippen molar-refractivity contribution in [3.8, 4) is 0 Å². The molecule has 0 unspecified atom stereocenters. The number of hydrazine groups is 1. The molecule has 6 heteroatoms. The number of rotatable bonds is 8. The zero-order chi connectivity index (χ0) is 18.6. The van der Waals surface area contributed by atoms with E-state index in [0.717, 1.165) is 17.5 Å². The molecule has 5 nitrogen and oxygen atoms in total. The lowest BCUT2D eigenvalue weighted by molar-refractivity contribution is -0.121. The summed E-state index contributed by atoms with van der Waals surface area (Å²) in [6.07, 6.45) is 1.17. The van der Waals surface area contributed by atoms with Crippen molar-refractivity contribution in [1.29, 1.82) is 0 Å². The molecule has 0 radical (unpaired) electrons. The van der Waals surface area contributed by atoms with Crippen molar-refractivity contribution < 1.29 is 9.53 Å². The van der Waals surface area contributed by atoms with Gasteiger partial charge in [0, 0.05) is 32.6 Å². The third-order valence-electron chi connectivity index (χ3n) is 3.92. The molecule has 0 aliphatic carbocycles. The molecule has 138 valence electrons. The number of amides is 1. The fourth-order valence-electron chi connectivity index (χ4n) is 2.62. The first-order chi connectivity index (χ1) is 12.7. The Morgan fingerprint density at radius 1 is 1.00 bits per heavy atom. The highest BCUT2D eigenvalue weighted by Crippen LogP contribution is 2.27. The summed E-state index contributed by atoms with van der Waals surface area (Å²) >= 11 is 5.14. The summed E-state index contributed by atoms with van der Waals surface area (Å²) < 4.78 is 4.98. The third kappa shape index (κ3) is 6.82. The van der Waals surface area contributed by atoms with Gasteiger partial charge in [0.15, 0.2) is 5.11 Å². The van der Waals surface area contributed by atoms with E-state index >= 15 is 0 Å². The lowest BCUT2D eigenvalue weighted by atomic mass is 9.88. The van der Waals surface area contributed by atoms with Gasteiger partial charge in [0.1, 0.15) is 0 Å². The van der Waals surface area contributed by atoms with Crippen LogP contribution >= 0.6 is 12.2 Å². The van der Waals surface area contributed by atoms with E-state index in [4.69, 9.17) is 17.0 Å². The molecular weight excluding hydrogens is 346 g/mol. The first-order valence-corrected chi connectivity index (χ1v) is 9.03. The van der Waals surface area contributed by atoms with Gasteiger partial charge in [0.05, 0.1) is 0 Å². The molecule has 0 fully saturated rings. The van der Waals surface area contributed by atoms with Gasteiger partial charge in [0.2, 0.25) is 5.91 Å². The van der Waals surface area contributed by atoms with Crippen LogP contribution in [0.15, 0.2) is 60.7 Å². The Bertz CT molecular complexity index is 640. The first-order valence-electron chi connectivity index (χ1n) is 8.62. The van der Waals surface area contributed by atoms with Crippen molar-refractivity contribution in [1.82, 2.24) is 16.2 Å². The molecule has 0 heterocycles. The number of benzene rings is 2. The molecule has 0 spiro atoms. The molecule has 2 rings (SSSR count). The van der Waals surface area contributed by atoms with Crippen molar-refractivity contribution in [3.05, 3.63) is 71.8 Å². The maximum Gasteiger partial charge on any atom is 0.239 e. The van der Waals surface area contributed by atoms with E-state index in [1.54, 1.807) is 7.11 Å². The number of hydrogen-bond acceptors (Lipinski definition) is 3. The van der Waals surface area contributed by atoms with Gasteiger partial charge >= 0.3 is 0 Å². The summed E-state index contributed by atoms with van der Waals surface area (Å²) in [7, 11) is 1.66. The van der Waals surface area contributed by atoms with Crippen molar-refractivity contribution in [2.24, 2.45) is 0 Å². The van der Waals surface area contributed by atoms with Crippen LogP contribution in [0, 0.1) is 0 Å². The average molecular weight is 372 g/mol. The van der Waals surface area contributed by atoms with Gasteiger partial charge < -0.3 is 10.1 Å². The molecule has 0 aliphatic rings. The van der Waals surface area contributed by atoms with Gasteiger partial charge in [-0.05, 0) is 29.8 Å². The lowest BCUT2D eigenvalue weighted by Gasteiger charge is -2.18. The first kappa shape index (κ1) is 19.9. The molecule has 3 N–H and O–H groups in total. The van der Waals surface area contributed by atoms with Gasteiger partial charge in [-0.3, -0.25) is 15.6 Å². The van der Waals surface area contributed by atoms with E-state index in [1.807, 2.05) is 60.7 Å². The second-order valence-electron chi connectivity index (χ2n) is 5.85. The average Bonchev–Trinajstić information content (AvgIpc) is 2.69. The number of nitrogens with one attached hydrogen (secondary N) is 3. The summed E-state index contributed by atoms with van der Waals surface area (Å²) in [6.45, 7) is 1.35. The van der Waals surface area contributed by atoms with Gasteiger partial charge in [0.25, 0.3) is 0 Å². The van der Waals surface area contributed by atoms with Gasteiger partial charge in [-0.25, -0.2) is 0 Å². The third-order valence-corrected chi connectivity index (χ3v) is 4.17. The van der Waals surface area contributed by atoms with Crippen molar-refractivity contribution in [3.63, 3.8) is 0 Å². The SMILES string of the molecule is COCCCNC(=S)NNC(=O)CC(c1ccccc1)c1ccccc1. The van der Waals surface area contributed by atoms with Gasteiger partial charge in [-0.1, -0.05) is 60.7 Å². The largest absolute Gasteiger partial charge is 0.385 e. The molecule has 0 aromatic heterocycles. The molecular formula is C20H25N3O2S. The second-order valence-corrected chi connectivity index (χ2v) is 6.26. The molecule has 0 bridgehead atoms. The Kier molecular flexibility index (Phi) is 8.59. The smallest absolute Gasteiger partial charge is 0.239 e. The zero-order valence-electron chi connectivity index (χ0n) is 14.9. The minimum Gasteiger partial charge on any atom is -0.385 e. The summed E-state index contributed by atoms with van der Waals surface area (Å²) in [4.78, 5) is 12.4. The summed E-state index contributed by atoms with van der Waals surface area (Å²) in [5.41, 5.74) is 7.63. The Morgan fingerprint density at radius 2 is 1.58 bits per heavy atom. The highest BCUT2D eigenvalue weighted by Gasteiger charge is 2.18. The van der Waals surface area contributed by atoms with E-state index in [1.165, 1.54) is 0 Å². The molecule has 2 aromatic rings. The van der Waals surface area contributed by atoms with Gasteiger partial charge in [-0.15, -0.1) is 0 Å². The Morgan fingerprint density at radius 3 is 2.12 bits per heavy atom. The highest BCUT2D eigenvalue weighted by atomic mass is 32.1. The van der Waals surface area contributed by atoms with Crippen LogP contribution in [0.5, 0.6) is 0 Å². The number of carbonyl (C=O) groups is 1. The lowest BCUT2D eigenvalue weighted by Crippen LogP contribution is -2.47. The quantitative estimate of drug-likeness (QED) is 0.378. The van der Waals surface area contributed by atoms with Crippen LogP contribution in [-0.2, 0) is 9.53 Å². The monoisotopic (exact) mass is 371 g/mol. The fraction of sp³-hybridized carbons (Fsp3) is 0.300. The summed E-state index contributed by atoms with van der Waals surface area (Å²) in [6, 6.07) is 20.1. The van der Waals surface area contributed by atoms with E-state index in [0.29, 0.717) is 24.7 Å². The molecule has 0 saturated heterocycles.